The lowest BCUT2D eigenvalue weighted by molar-refractivity contribution is -0.0346. The predicted octanol–water partition coefficient (Wildman–Crippen LogP) is 5.54. The van der Waals surface area contributed by atoms with Crippen molar-refractivity contribution in [3.8, 4) is 0 Å². The maximum Gasteiger partial charge on any atom is 0.251 e. The van der Waals surface area contributed by atoms with Gasteiger partial charge in [0.25, 0.3) is 5.92 Å². The number of rotatable bonds is 3. The number of piperidine rings is 1. The van der Waals surface area contributed by atoms with Gasteiger partial charge < -0.3 is 4.90 Å². The van der Waals surface area contributed by atoms with Crippen molar-refractivity contribution in [3.63, 3.8) is 0 Å². The van der Waals surface area contributed by atoms with Crippen molar-refractivity contribution in [3.05, 3.63) is 34.7 Å². The van der Waals surface area contributed by atoms with Crippen molar-refractivity contribution in [1.82, 2.24) is 4.98 Å². The summed E-state index contributed by atoms with van der Waals surface area (Å²) >= 11 is 3.24. The molecule has 3 rings (SSSR count). The van der Waals surface area contributed by atoms with Crippen molar-refractivity contribution in [2.45, 2.75) is 44.6 Å². The lowest BCUT2D eigenvalue weighted by Crippen LogP contribution is -2.47. The van der Waals surface area contributed by atoms with Crippen molar-refractivity contribution in [2.75, 3.05) is 11.4 Å². The number of pyridine rings is 1. The Morgan fingerprint density at radius 1 is 1.43 bits per heavy atom. The van der Waals surface area contributed by atoms with Crippen LogP contribution in [-0.4, -0.2) is 23.5 Å². The minimum absolute atomic E-state index is 0.136. The number of alkyl halides is 2. The second-order valence-corrected chi connectivity index (χ2v) is 6.90. The molecule has 1 atom stereocenters. The molecule has 1 aromatic heterocycles. The van der Waals surface area contributed by atoms with E-state index in [1.807, 2.05) is 13.0 Å². The fraction of sp³-hybridized carbons (Fsp3) is 0.471. The van der Waals surface area contributed by atoms with Gasteiger partial charge in [-0.05, 0) is 34.5 Å². The van der Waals surface area contributed by atoms with Gasteiger partial charge in [-0.25, -0.2) is 13.2 Å². The fourth-order valence-corrected chi connectivity index (χ4v) is 3.75. The van der Waals surface area contributed by atoms with Crippen LogP contribution in [0.25, 0.3) is 10.9 Å². The molecule has 2 aromatic rings. The van der Waals surface area contributed by atoms with Crippen LogP contribution in [-0.2, 0) is 0 Å². The van der Waals surface area contributed by atoms with Gasteiger partial charge in [0, 0.05) is 37.0 Å². The third kappa shape index (κ3) is 3.18. The lowest BCUT2D eigenvalue weighted by atomic mass is 9.94. The van der Waals surface area contributed by atoms with Crippen LogP contribution in [0.4, 0.5) is 18.9 Å². The molecule has 2 nitrogen and oxygen atoms in total. The van der Waals surface area contributed by atoms with E-state index in [1.165, 1.54) is 0 Å². The van der Waals surface area contributed by atoms with E-state index in [4.69, 9.17) is 0 Å². The first kappa shape index (κ1) is 16.6. The van der Waals surface area contributed by atoms with Gasteiger partial charge in [0.2, 0.25) is 0 Å². The van der Waals surface area contributed by atoms with Gasteiger partial charge in [-0.15, -0.1) is 0 Å². The van der Waals surface area contributed by atoms with Crippen LogP contribution in [0.3, 0.4) is 0 Å². The SMILES string of the molecule is CCCC1CC(F)(F)CCN1c1c(F)c(Br)cc2cccnc12. The van der Waals surface area contributed by atoms with Gasteiger partial charge >= 0.3 is 0 Å². The molecule has 2 heterocycles. The summed E-state index contributed by atoms with van der Waals surface area (Å²) < 4.78 is 42.8. The summed E-state index contributed by atoms with van der Waals surface area (Å²) in [4.78, 5) is 6.09. The quantitative estimate of drug-likeness (QED) is 0.688. The summed E-state index contributed by atoms with van der Waals surface area (Å²) in [6.45, 7) is 2.09. The minimum atomic E-state index is -2.68. The van der Waals surface area contributed by atoms with Crippen molar-refractivity contribution in [2.24, 2.45) is 0 Å². The van der Waals surface area contributed by atoms with E-state index in [1.54, 1.807) is 23.2 Å². The Balaban J connectivity index is 2.12. The van der Waals surface area contributed by atoms with Crippen LogP contribution in [0.2, 0.25) is 0 Å². The molecule has 1 saturated heterocycles. The molecule has 1 aliphatic heterocycles. The molecule has 1 aromatic carbocycles. The van der Waals surface area contributed by atoms with Crippen molar-refractivity contribution >= 4 is 32.5 Å². The highest BCUT2D eigenvalue weighted by Gasteiger charge is 2.41. The van der Waals surface area contributed by atoms with E-state index in [9.17, 15) is 13.2 Å². The number of aromatic nitrogens is 1. The first-order valence-corrected chi connectivity index (χ1v) is 8.59. The molecular formula is C17H18BrF3N2. The van der Waals surface area contributed by atoms with Gasteiger partial charge in [0.15, 0.2) is 5.82 Å². The average Bonchev–Trinajstić information content (AvgIpc) is 2.50. The monoisotopic (exact) mass is 386 g/mol. The molecule has 6 heteroatoms. The Morgan fingerprint density at radius 3 is 2.96 bits per heavy atom. The summed E-state index contributed by atoms with van der Waals surface area (Å²) in [5.41, 5.74) is 0.864. The maximum absolute atomic E-state index is 14.8. The highest BCUT2D eigenvalue weighted by molar-refractivity contribution is 9.10. The highest BCUT2D eigenvalue weighted by atomic mass is 79.9. The van der Waals surface area contributed by atoms with E-state index in [0.29, 0.717) is 22.1 Å². The zero-order chi connectivity index (χ0) is 16.6. The maximum atomic E-state index is 14.8. The molecule has 23 heavy (non-hydrogen) atoms. The third-order valence-corrected chi connectivity index (χ3v) is 4.94. The molecule has 0 bridgehead atoms. The van der Waals surface area contributed by atoms with E-state index in [2.05, 4.69) is 20.9 Å². The summed E-state index contributed by atoms with van der Waals surface area (Å²) in [7, 11) is 0. The number of anilines is 1. The number of fused-ring (bicyclic) bond motifs is 1. The van der Waals surface area contributed by atoms with Crippen LogP contribution in [0.15, 0.2) is 28.9 Å². The molecule has 0 spiro atoms. The number of hydrogen-bond acceptors (Lipinski definition) is 2. The number of hydrogen-bond donors (Lipinski definition) is 0. The molecule has 0 radical (unpaired) electrons. The Morgan fingerprint density at radius 2 is 2.22 bits per heavy atom. The van der Waals surface area contributed by atoms with E-state index in [-0.39, 0.29) is 25.4 Å². The number of halogens is 4. The first-order valence-electron chi connectivity index (χ1n) is 7.80. The fourth-order valence-electron chi connectivity index (χ4n) is 3.32. The topological polar surface area (TPSA) is 16.1 Å². The Bertz CT molecular complexity index is 720. The van der Waals surface area contributed by atoms with E-state index < -0.39 is 11.7 Å². The molecule has 0 aliphatic carbocycles. The van der Waals surface area contributed by atoms with Gasteiger partial charge in [-0.1, -0.05) is 19.4 Å². The van der Waals surface area contributed by atoms with Gasteiger partial charge in [-0.3, -0.25) is 4.98 Å². The second kappa shape index (κ2) is 6.30. The predicted molar refractivity (Wildman–Crippen MR) is 89.6 cm³/mol. The van der Waals surface area contributed by atoms with Crippen LogP contribution >= 0.6 is 15.9 Å². The Hall–Kier alpha value is -1.30. The number of nitrogens with zero attached hydrogens (tertiary/aromatic N) is 2. The molecular weight excluding hydrogens is 369 g/mol. The average molecular weight is 387 g/mol. The van der Waals surface area contributed by atoms with E-state index in [0.717, 1.165) is 11.8 Å². The van der Waals surface area contributed by atoms with Gasteiger partial charge in [-0.2, -0.15) is 0 Å². The van der Waals surface area contributed by atoms with Crippen LogP contribution < -0.4 is 4.90 Å². The third-order valence-electron chi connectivity index (χ3n) is 4.37. The van der Waals surface area contributed by atoms with Crippen LogP contribution in [0.1, 0.15) is 32.6 Å². The molecule has 0 saturated carbocycles. The van der Waals surface area contributed by atoms with Gasteiger partial charge in [0.1, 0.15) is 5.69 Å². The van der Waals surface area contributed by atoms with Crippen molar-refractivity contribution in [1.29, 1.82) is 0 Å². The zero-order valence-electron chi connectivity index (χ0n) is 12.8. The first-order chi connectivity index (χ1) is 10.9. The molecule has 124 valence electrons. The molecule has 1 unspecified atom stereocenters. The van der Waals surface area contributed by atoms with E-state index >= 15 is 0 Å². The second-order valence-electron chi connectivity index (χ2n) is 6.04. The van der Waals surface area contributed by atoms with Crippen LogP contribution in [0, 0.1) is 5.82 Å². The zero-order valence-corrected chi connectivity index (χ0v) is 14.4. The largest absolute Gasteiger partial charge is 0.364 e. The molecule has 1 aliphatic rings. The summed E-state index contributed by atoms with van der Waals surface area (Å²) in [6.07, 6.45) is 2.50. The lowest BCUT2D eigenvalue weighted by Gasteiger charge is -2.41. The Kier molecular flexibility index (Phi) is 4.54. The smallest absolute Gasteiger partial charge is 0.251 e. The molecule has 1 fully saturated rings. The summed E-state index contributed by atoms with van der Waals surface area (Å²) in [6, 6.07) is 4.93. The highest BCUT2D eigenvalue weighted by Crippen LogP contribution is 2.41. The normalized spacial score (nSPS) is 20.9. The van der Waals surface area contributed by atoms with Crippen LogP contribution in [0.5, 0.6) is 0 Å². The van der Waals surface area contributed by atoms with Crippen molar-refractivity contribution < 1.29 is 13.2 Å². The Labute approximate surface area is 141 Å². The molecule has 0 N–H and O–H groups in total. The summed E-state index contributed by atoms with van der Waals surface area (Å²) in [5, 5.41) is 0.795. The van der Waals surface area contributed by atoms with Gasteiger partial charge in [0.05, 0.1) is 9.99 Å². The number of benzene rings is 1. The molecule has 0 amide bonds. The standard InChI is InChI=1S/C17H18BrF3N2/c1-2-4-12-10-17(20,21)6-8-23(12)16-14(19)13(18)9-11-5-3-7-22-15(11)16/h3,5,7,9,12H,2,4,6,8,10H2,1H3. The summed E-state index contributed by atoms with van der Waals surface area (Å²) in [5.74, 6) is -3.11. The minimum Gasteiger partial charge on any atom is -0.364 e.